The first kappa shape index (κ1) is 15.3. The number of hydrogen-bond acceptors (Lipinski definition) is 2. The van der Waals surface area contributed by atoms with Gasteiger partial charge in [-0.1, -0.05) is 41.6 Å². The molecule has 2 aromatic rings. The molecule has 2 N–H and O–H groups in total. The fourth-order valence-corrected chi connectivity index (χ4v) is 3.46. The number of H-pyrrole nitrogens is 1. The van der Waals surface area contributed by atoms with Crippen molar-refractivity contribution in [3.05, 3.63) is 44.7 Å². The molecule has 0 unspecified atom stereocenters. The predicted octanol–water partition coefficient (Wildman–Crippen LogP) is 3.74. The van der Waals surface area contributed by atoms with E-state index in [0.717, 1.165) is 35.5 Å². The minimum Gasteiger partial charge on any atom is -0.349 e. The van der Waals surface area contributed by atoms with Crippen LogP contribution < -0.4 is 10.9 Å². The summed E-state index contributed by atoms with van der Waals surface area (Å²) in [5, 5.41) is 3.87. The SMILES string of the molecule is O=C(NC1CCCCCC1)c1cc(=O)[nH]c2ccc(Br)cc12. The van der Waals surface area contributed by atoms with E-state index < -0.39 is 0 Å². The smallest absolute Gasteiger partial charge is 0.252 e. The first-order valence-corrected chi connectivity index (χ1v) is 8.56. The van der Waals surface area contributed by atoms with Gasteiger partial charge in [-0.2, -0.15) is 0 Å². The van der Waals surface area contributed by atoms with Crippen LogP contribution >= 0.6 is 15.9 Å². The van der Waals surface area contributed by atoms with Gasteiger partial charge in [0.2, 0.25) is 5.56 Å². The molecule has 1 aliphatic rings. The molecule has 1 aliphatic carbocycles. The Kier molecular flexibility index (Phi) is 4.62. The lowest BCUT2D eigenvalue weighted by Gasteiger charge is -2.17. The molecule has 0 bridgehead atoms. The molecule has 0 saturated heterocycles. The van der Waals surface area contributed by atoms with E-state index in [2.05, 4.69) is 26.2 Å². The molecule has 1 saturated carbocycles. The average Bonchev–Trinajstić information content (AvgIpc) is 2.75. The number of halogens is 1. The van der Waals surface area contributed by atoms with Crippen molar-refractivity contribution in [2.45, 2.75) is 44.6 Å². The second-order valence-corrected chi connectivity index (χ2v) is 6.81. The van der Waals surface area contributed by atoms with E-state index in [-0.39, 0.29) is 17.5 Å². The van der Waals surface area contributed by atoms with Crippen molar-refractivity contribution < 1.29 is 4.79 Å². The maximum atomic E-state index is 12.6. The molecule has 1 amide bonds. The lowest BCUT2D eigenvalue weighted by molar-refractivity contribution is 0.0935. The Labute approximate surface area is 137 Å². The van der Waals surface area contributed by atoms with Gasteiger partial charge in [-0.3, -0.25) is 9.59 Å². The molecule has 1 fully saturated rings. The number of aromatic amines is 1. The lowest BCUT2D eigenvalue weighted by Crippen LogP contribution is -2.35. The average molecular weight is 363 g/mol. The van der Waals surface area contributed by atoms with E-state index in [0.29, 0.717) is 11.1 Å². The summed E-state index contributed by atoms with van der Waals surface area (Å²) in [6.07, 6.45) is 6.85. The molecule has 1 aromatic heterocycles. The zero-order chi connectivity index (χ0) is 15.5. The fourth-order valence-electron chi connectivity index (χ4n) is 3.10. The third-order valence-corrected chi connectivity index (χ3v) is 4.73. The van der Waals surface area contributed by atoms with Crippen LogP contribution in [0.4, 0.5) is 0 Å². The topological polar surface area (TPSA) is 62.0 Å². The van der Waals surface area contributed by atoms with E-state index in [1.165, 1.54) is 18.9 Å². The molecule has 3 rings (SSSR count). The predicted molar refractivity (Wildman–Crippen MR) is 91.2 cm³/mol. The molecule has 0 spiro atoms. The van der Waals surface area contributed by atoms with Crippen molar-refractivity contribution in [3.63, 3.8) is 0 Å². The minimum atomic E-state index is -0.249. The van der Waals surface area contributed by atoms with Crippen LogP contribution in [0.2, 0.25) is 0 Å². The van der Waals surface area contributed by atoms with E-state index in [9.17, 15) is 9.59 Å². The van der Waals surface area contributed by atoms with Gasteiger partial charge in [-0.05, 0) is 31.0 Å². The summed E-state index contributed by atoms with van der Waals surface area (Å²) in [6.45, 7) is 0. The molecule has 4 nitrogen and oxygen atoms in total. The highest BCUT2D eigenvalue weighted by Gasteiger charge is 2.18. The van der Waals surface area contributed by atoms with Gasteiger partial charge >= 0.3 is 0 Å². The van der Waals surface area contributed by atoms with Crippen LogP contribution in [-0.2, 0) is 0 Å². The number of benzene rings is 1. The first-order chi connectivity index (χ1) is 10.6. The first-order valence-electron chi connectivity index (χ1n) is 7.77. The zero-order valence-corrected chi connectivity index (χ0v) is 13.9. The van der Waals surface area contributed by atoms with E-state index >= 15 is 0 Å². The van der Waals surface area contributed by atoms with E-state index in [4.69, 9.17) is 0 Å². The molecule has 1 aromatic carbocycles. The monoisotopic (exact) mass is 362 g/mol. The van der Waals surface area contributed by atoms with Crippen LogP contribution in [0.1, 0.15) is 48.9 Å². The number of hydrogen-bond donors (Lipinski definition) is 2. The van der Waals surface area contributed by atoms with Gasteiger partial charge in [0.15, 0.2) is 0 Å². The highest BCUT2D eigenvalue weighted by molar-refractivity contribution is 9.10. The largest absolute Gasteiger partial charge is 0.349 e. The lowest BCUT2D eigenvalue weighted by atomic mass is 10.1. The fraction of sp³-hybridized carbons (Fsp3) is 0.412. The van der Waals surface area contributed by atoms with Gasteiger partial charge in [0, 0.05) is 27.5 Å². The van der Waals surface area contributed by atoms with Crippen LogP contribution in [0.15, 0.2) is 33.5 Å². The van der Waals surface area contributed by atoms with Crippen molar-refractivity contribution in [3.8, 4) is 0 Å². The molecule has 116 valence electrons. The second kappa shape index (κ2) is 6.65. The summed E-state index contributed by atoms with van der Waals surface area (Å²) in [6, 6.07) is 7.14. The van der Waals surface area contributed by atoms with Crippen molar-refractivity contribution >= 4 is 32.7 Å². The molecule has 0 aliphatic heterocycles. The van der Waals surface area contributed by atoms with Crippen LogP contribution in [0.25, 0.3) is 10.9 Å². The van der Waals surface area contributed by atoms with Gasteiger partial charge in [0.25, 0.3) is 5.91 Å². The van der Waals surface area contributed by atoms with Crippen molar-refractivity contribution in [2.24, 2.45) is 0 Å². The van der Waals surface area contributed by atoms with Crippen LogP contribution in [0.3, 0.4) is 0 Å². The number of nitrogens with one attached hydrogen (secondary N) is 2. The molecular formula is C17H19BrN2O2. The molecular weight excluding hydrogens is 344 g/mol. The third kappa shape index (κ3) is 3.40. The maximum Gasteiger partial charge on any atom is 0.252 e. The van der Waals surface area contributed by atoms with Gasteiger partial charge < -0.3 is 10.3 Å². The molecule has 0 atom stereocenters. The molecule has 22 heavy (non-hydrogen) atoms. The summed E-state index contributed by atoms with van der Waals surface area (Å²) in [5.74, 6) is -0.152. The highest BCUT2D eigenvalue weighted by atomic mass is 79.9. The normalized spacial score (nSPS) is 16.4. The standard InChI is InChI=1S/C17H19BrN2O2/c18-11-7-8-15-13(9-11)14(10-16(21)20-15)17(22)19-12-5-3-1-2-4-6-12/h7-10,12H,1-6H2,(H,19,22)(H,20,21). The number of carbonyl (C=O) groups excluding carboxylic acids is 1. The quantitative estimate of drug-likeness (QED) is 0.799. The number of aromatic nitrogens is 1. The van der Waals surface area contributed by atoms with Crippen LogP contribution in [-0.4, -0.2) is 16.9 Å². The third-order valence-electron chi connectivity index (χ3n) is 4.24. The number of carbonyl (C=O) groups is 1. The summed E-state index contributed by atoms with van der Waals surface area (Å²) in [5.41, 5.74) is 0.881. The van der Waals surface area contributed by atoms with Gasteiger partial charge in [-0.25, -0.2) is 0 Å². The Bertz CT molecular complexity index is 746. The van der Waals surface area contributed by atoms with E-state index in [1.54, 1.807) is 0 Å². The maximum absolute atomic E-state index is 12.6. The van der Waals surface area contributed by atoms with Gasteiger partial charge in [0.05, 0.1) is 5.56 Å². The van der Waals surface area contributed by atoms with Crippen LogP contribution in [0, 0.1) is 0 Å². The highest BCUT2D eigenvalue weighted by Crippen LogP contribution is 2.22. The van der Waals surface area contributed by atoms with Crippen molar-refractivity contribution in [2.75, 3.05) is 0 Å². The number of pyridine rings is 1. The number of fused-ring (bicyclic) bond motifs is 1. The summed E-state index contributed by atoms with van der Waals surface area (Å²) in [4.78, 5) is 27.2. The second-order valence-electron chi connectivity index (χ2n) is 5.90. The number of rotatable bonds is 2. The van der Waals surface area contributed by atoms with Crippen LogP contribution in [0.5, 0.6) is 0 Å². The summed E-state index contributed by atoms with van der Waals surface area (Å²) < 4.78 is 0.885. The minimum absolute atomic E-state index is 0.152. The Hall–Kier alpha value is -1.62. The van der Waals surface area contributed by atoms with Gasteiger partial charge in [0.1, 0.15) is 0 Å². The summed E-state index contributed by atoms with van der Waals surface area (Å²) in [7, 11) is 0. The zero-order valence-electron chi connectivity index (χ0n) is 12.3. The van der Waals surface area contributed by atoms with Crippen molar-refractivity contribution in [1.29, 1.82) is 0 Å². The molecule has 1 heterocycles. The Morgan fingerprint density at radius 2 is 1.86 bits per heavy atom. The molecule has 0 radical (unpaired) electrons. The van der Waals surface area contributed by atoms with Crippen molar-refractivity contribution in [1.82, 2.24) is 10.3 Å². The Balaban J connectivity index is 1.92. The Morgan fingerprint density at radius 1 is 1.14 bits per heavy atom. The van der Waals surface area contributed by atoms with Gasteiger partial charge in [-0.15, -0.1) is 0 Å². The Morgan fingerprint density at radius 3 is 2.59 bits per heavy atom. The number of amides is 1. The molecule has 5 heteroatoms. The van der Waals surface area contributed by atoms with E-state index in [1.807, 2.05) is 18.2 Å². The summed E-state index contributed by atoms with van der Waals surface area (Å²) >= 11 is 3.42.